The van der Waals surface area contributed by atoms with Gasteiger partial charge in [-0.3, -0.25) is 0 Å². The highest BCUT2D eigenvalue weighted by molar-refractivity contribution is 5.22. The Hall–Kier alpha value is -1.04. The Morgan fingerprint density at radius 1 is 0.880 bits per heavy atom. The van der Waals surface area contributed by atoms with Crippen LogP contribution < -0.4 is 0 Å². The van der Waals surface area contributed by atoms with Crippen LogP contribution in [0.2, 0.25) is 0 Å². The number of allylic oxidation sites excluding steroid dienone is 2. The third kappa shape index (κ3) is 5.73. The molecule has 0 saturated heterocycles. The van der Waals surface area contributed by atoms with Crippen LogP contribution in [0.1, 0.15) is 88.7 Å². The Morgan fingerprint density at radius 2 is 1.64 bits per heavy atom. The molecule has 2 aliphatic rings. The standard InChI is InChI=1S/C25H38/c1-3-4-5-21-12-16-24(17-13-21)25-18-14-23(15-19-25)11-10-22-8-6-20(2)7-9-22/h6-9,14,21,24-25H,3-5,10-13,15-19H2,1-2H3/t21-,24-,25?. The average molecular weight is 339 g/mol. The van der Waals surface area contributed by atoms with Crippen LogP contribution in [0.5, 0.6) is 0 Å². The summed E-state index contributed by atoms with van der Waals surface area (Å²) < 4.78 is 0. The summed E-state index contributed by atoms with van der Waals surface area (Å²) in [7, 11) is 0. The first-order chi connectivity index (χ1) is 12.2. The van der Waals surface area contributed by atoms with Crippen LogP contribution in [0.4, 0.5) is 0 Å². The number of rotatable bonds is 7. The van der Waals surface area contributed by atoms with Crippen LogP contribution in [0.3, 0.4) is 0 Å². The normalized spacial score (nSPS) is 27.1. The maximum Gasteiger partial charge on any atom is -0.0241 e. The van der Waals surface area contributed by atoms with E-state index in [1.165, 1.54) is 88.2 Å². The molecular weight excluding hydrogens is 300 g/mol. The van der Waals surface area contributed by atoms with Gasteiger partial charge in [0, 0.05) is 0 Å². The summed E-state index contributed by atoms with van der Waals surface area (Å²) in [5.41, 5.74) is 4.60. The van der Waals surface area contributed by atoms with Gasteiger partial charge in [0.05, 0.1) is 0 Å². The largest absolute Gasteiger partial charge is 0.0850 e. The van der Waals surface area contributed by atoms with E-state index in [0.717, 1.165) is 17.8 Å². The zero-order chi connectivity index (χ0) is 17.5. The van der Waals surface area contributed by atoms with E-state index >= 15 is 0 Å². The van der Waals surface area contributed by atoms with Gasteiger partial charge < -0.3 is 0 Å². The smallest absolute Gasteiger partial charge is 0.0241 e. The summed E-state index contributed by atoms with van der Waals surface area (Å²) >= 11 is 0. The van der Waals surface area contributed by atoms with Crippen LogP contribution in [0.15, 0.2) is 35.9 Å². The van der Waals surface area contributed by atoms with Crippen molar-refractivity contribution in [2.45, 2.75) is 90.9 Å². The predicted molar refractivity (Wildman–Crippen MR) is 110 cm³/mol. The molecule has 1 aromatic rings. The van der Waals surface area contributed by atoms with Crippen LogP contribution >= 0.6 is 0 Å². The van der Waals surface area contributed by atoms with Gasteiger partial charge in [-0.15, -0.1) is 0 Å². The lowest BCUT2D eigenvalue weighted by Crippen LogP contribution is -2.23. The Morgan fingerprint density at radius 3 is 2.28 bits per heavy atom. The fraction of sp³-hybridized carbons (Fsp3) is 0.680. The monoisotopic (exact) mass is 338 g/mol. The molecule has 138 valence electrons. The highest BCUT2D eigenvalue weighted by Gasteiger charge is 2.28. The third-order valence-corrected chi connectivity index (χ3v) is 6.92. The second-order valence-electron chi connectivity index (χ2n) is 8.81. The Balaban J connectivity index is 1.39. The molecule has 0 bridgehead atoms. The molecule has 1 unspecified atom stereocenters. The third-order valence-electron chi connectivity index (χ3n) is 6.92. The predicted octanol–water partition coefficient (Wildman–Crippen LogP) is 7.65. The molecule has 0 spiro atoms. The molecular formula is C25H38. The Labute approximate surface area is 156 Å². The Bertz CT molecular complexity index is 528. The summed E-state index contributed by atoms with van der Waals surface area (Å²) in [6.07, 6.45) is 19.7. The van der Waals surface area contributed by atoms with E-state index in [-0.39, 0.29) is 0 Å². The van der Waals surface area contributed by atoms with Gasteiger partial charge in [0.25, 0.3) is 0 Å². The summed E-state index contributed by atoms with van der Waals surface area (Å²) in [6, 6.07) is 9.10. The van der Waals surface area contributed by atoms with Crippen molar-refractivity contribution in [3.63, 3.8) is 0 Å². The molecule has 0 N–H and O–H groups in total. The maximum absolute atomic E-state index is 2.62. The second kappa shape index (κ2) is 9.60. The number of hydrogen-bond donors (Lipinski definition) is 0. The topological polar surface area (TPSA) is 0 Å². The van der Waals surface area contributed by atoms with Gasteiger partial charge in [-0.2, -0.15) is 0 Å². The lowest BCUT2D eigenvalue weighted by Gasteiger charge is -2.35. The van der Waals surface area contributed by atoms with Crippen LogP contribution in [0.25, 0.3) is 0 Å². The lowest BCUT2D eigenvalue weighted by molar-refractivity contribution is 0.185. The molecule has 0 aliphatic heterocycles. The highest BCUT2D eigenvalue weighted by Crippen LogP contribution is 2.41. The van der Waals surface area contributed by atoms with E-state index in [2.05, 4.69) is 44.2 Å². The van der Waals surface area contributed by atoms with Crippen molar-refractivity contribution in [1.82, 2.24) is 0 Å². The highest BCUT2D eigenvalue weighted by atomic mass is 14.3. The van der Waals surface area contributed by atoms with E-state index in [9.17, 15) is 0 Å². The first kappa shape index (κ1) is 18.7. The quantitative estimate of drug-likeness (QED) is 0.448. The van der Waals surface area contributed by atoms with Crippen molar-refractivity contribution in [2.75, 3.05) is 0 Å². The van der Waals surface area contributed by atoms with Crippen molar-refractivity contribution >= 4 is 0 Å². The van der Waals surface area contributed by atoms with Gasteiger partial charge in [0.1, 0.15) is 0 Å². The van der Waals surface area contributed by atoms with Crippen molar-refractivity contribution in [3.8, 4) is 0 Å². The molecule has 1 saturated carbocycles. The molecule has 1 fully saturated rings. The van der Waals surface area contributed by atoms with Gasteiger partial charge in [0.2, 0.25) is 0 Å². The minimum absolute atomic E-state index is 0.996. The van der Waals surface area contributed by atoms with E-state index < -0.39 is 0 Å². The molecule has 0 heteroatoms. The summed E-state index contributed by atoms with van der Waals surface area (Å²) in [5, 5.41) is 0. The summed E-state index contributed by atoms with van der Waals surface area (Å²) in [5.74, 6) is 3.09. The number of benzene rings is 1. The molecule has 3 rings (SSSR count). The average Bonchev–Trinajstić information content (AvgIpc) is 2.67. The van der Waals surface area contributed by atoms with E-state index in [1.54, 1.807) is 5.57 Å². The van der Waals surface area contributed by atoms with Crippen molar-refractivity contribution in [2.24, 2.45) is 17.8 Å². The van der Waals surface area contributed by atoms with Gasteiger partial charge in [-0.25, -0.2) is 0 Å². The van der Waals surface area contributed by atoms with E-state index in [4.69, 9.17) is 0 Å². The molecule has 0 heterocycles. The molecule has 0 radical (unpaired) electrons. The van der Waals surface area contributed by atoms with Gasteiger partial charge in [0.15, 0.2) is 0 Å². The number of aryl methyl sites for hydroxylation is 2. The molecule has 1 aromatic carbocycles. The molecule has 25 heavy (non-hydrogen) atoms. The van der Waals surface area contributed by atoms with E-state index in [1.807, 2.05) is 0 Å². The molecule has 0 aromatic heterocycles. The second-order valence-corrected chi connectivity index (χ2v) is 8.81. The number of unbranched alkanes of at least 4 members (excludes halogenated alkanes) is 1. The maximum atomic E-state index is 2.62. The van der Waals surface area contributed by atoms with Crippen molar-refractivity contribution in [3.05, 3.63) is 47.0 Å². The van der Waals surface area contributed by atoms with E-state index in [0.29, 0.717) is 0 Å². The molecule has 1 atom stereocenters. The minimum atomic E-state index is 0.996. The van der Waals surface area contributed by atoms with Gasteiger partial charge in [-0.1, -0.05) is 80.5 Å². The Kier molecular flexibility index (Phi) is 7.20. The van der Waals surface area contributed by atoms with Gasteiger partial charge in [-0.05, 0) is 75.2 Å². The summed E-state index contributed by atoms with van der Waals surface area (Å²) in [6.45, 7) is 4.50. The van der Waals surface area contributed by atoms with Gasteiger partial charge >= 0.3 is 0 Å². The summed E-state index contributed by atoms with van der Waals surface area (Å²) in [4.78, 5) is 0. The fourth-order valence-electron chi connectivity index (χ4n) is 5.06. The van der Waals surface area contributed by atoms with Crippen molar-refractivity contribution < 1.29 is 0 Å². The van der Waals surface area contributed by atoms with Crippen LogP contribution in [-0.2, 0) is 6.42 Å². The van der Waals surface area contributed by atoms with Crippen LogP contribution in [-0.4, -0.2) is 0 Å². The molecule has 0 amide bonds. The zero-order valence-electron chi connectivity index (χ0n) is 16.6. The van der Waals surface area contributed by atoms with Crippen LogP contribution in [0, 0.1) is 24.7 Å². The SMILES string of the molecule is CCCC[C@H]1CC[C@H](C2CC=C(CCc3ccc(C)cc3)CC2)CC1. The molecule has 2 aliphatic carbocycles. The molecule has 0 nitrogen and oxygen atoms in total. The first-order valence-corrected chi connectivity index (χ1v) is 11.0. The number of hydrogen-bond acceptors (Lipinski definition) is 0. The van der Waals surface area contributed by atoms with Crippen molar-refractivity contribution in [1.29, 1.82) is 0 Å². The minimum Gasteiger partial charge on any atom is -0.0850 e. The zero-order valence-corrected chi connectivity index (χ0v) is 16.6. The first-order valence-electron chi connectivity index (χ1n) is 11.0. The lowest BCUT2D eigenvalue weighted by atomic mass is 9.70. The fourth-order valence-corrected chi connectivity index (χ4v) is 5.06.